The minimum absolute atomic E-state index is 0.134. The number of nitrogens with zero attached hydrogens (tertiary/aromatic N) is 1. The van der Waals surface area contributed by atoms with Gasteiger partial charge in [0.2, 0.25) is 0 Å². The van der Waals surface area contributed by atoms with E-state index in [2.05, 4.69) is 15.0 Å². The molecule has 0 aliphatic carbocycles. The van der Waals surface area contributed by atoms with Gasteiger partial charge in [0, 0.05) is 17.6 Å². The zero-order valence-electron chi connectivity index (χ0n) is 10.8. The van der Waals surface area contributed by atoms with Crippen molar-refractivity contribution >= 4 is 38.8 Å². The van der Waals surface area contributed by atoms with E-state index < -0.39 is 10.0 Å². The van der Waals surface area contributed by atoms with Gasteiger partial charge in [0.1, 0.15) is 4.90 Å². The first-order valence-corrected chi connectivity index (χ1v) is 8.69. The van der Waals surface area contributed by atoms with E-state index >= 15 is 0 Å². The van der Waals surface area contributed by atoms with Gasteiger partial charge in [-0.25, -0.2) is 13.4 Å². The molecule has 0 bridgehead atoms. The summed E-state index contributed by atoms with van der Waals surface area (Å²) in [7, 11) is -3.68. The zero-order chi connectivity index (χ0) is 14.6. The molecule has 0 saturated heterocycles. The van der Waals surface area contributed by atoms with Crippen LogP contribution >= 0.6 is 22.9 Å². The molecule has 0 aromatic carbocycles. The molecule has 0 fully saturated rings. The van der Waals surface area contributed by atoms with Crippen LogP contribution in [-0.2, 0) is 16.6 Å². The van der Waals surface area contributed by atoms with Gasteiger partial charge in [-0.05, 0) is 30.1 Å². The van der Waals surface area contributed by atoms with Crippen molar-refractivity contribution < 1.29 is 8.42 Å². The molecule has 2 rings (SSSR count). The number of hydrogen-bond donors (Lipinski definition) is 2. The zero-order valence-corrected chi connectivity index (χ0v) is 13.1. The second-order valence-electron chi connectivity index (χ2n) is 3.93. The summed E-state index contributed by atoms with van der Waals surface area (Å²) in [5.41, 5.74) is 0. The lowest BCUT2D eigenvalue weighted by Gasteiger charge is -2.09. The Morgan fingerprint density at radius 1 is 1.40 bits per heavy atom. The van der Waals surface area contributed by atoms with E-state index in [9.17, 15) is 8.42 Å². The molecule has 8 heteroatoms. The second kappa shape index (κ2) is 6.53. The summed E-state index contributed by atoms with van der Waals surface area (Å²) in [5.74, 6) is 0.134. The van der Waals surface area contributed by atoms with Crippen LogP contribution in [0.3, 0.4) is 0 Å². The number of pyridine rings is 1. The van der Waals surface area contributed by atoms with E-state index in [4.69, 9.17) is 11.6 Å². The van der Waals surface area contributed by atoms with Crippen LogP contribution < -0.4 is 10.0 Å². The normalized spacial score (nSPS) is 11.5. The molecule has 0 aliphatic heterocycles. The molecule has 0 radical (unpaired) electrons. The number of nitrogens with one attached hydrogen (secondary N) is 2. The van der Waals surface area contributed by atoms with Gasteiger partial charge in [-0.2, -0.15) is 0 Å². The highest BCUT2D eigenvalue weighted by Crippen LogP contribution is 2.26. The molecule has 2 aromatic heterocycles. The average molecular weight is 332 g/mol. The van der Waals surface area contributed by atoms with Gasteiger partial charge in [-0.3, -0.25) is 4.72 Å². The second-order valence-corrected chi connectivity index (χ2v) is 6.99. The first-order valence-electron chi connectivity index (χ1n) is 5.95. The minimum atomic E-state index is -3.68. The maximum atomic E-state index is 12.4. The Hall–Kier alpha value is -1.15. The van der Waals surface area contributed by atoms with Crippen LogP contribution in [0, 0.1) is 0 Å². The first-order chi connectivity index (χ1) is 9.54. The van der Waals surface area contributed by atoms with Gasteiger partial charge in [0.05, 0.1) is 5.02 Å². The third kappa shape index (κ3) is 3.49. The standard InChI is InChI=1S/C12H14ClN3O2S2/c1-2-14-8-10-11(5-7-19-10)20(17,18)16-12-9(13)4-3-6-15-12/h3-7,14H,2,8H2,1H3,(H,15,16). The van der Waals surface area contributed by atoms with E-state index in [1.165, 1.54) is 17.5 Å². The molecular formula is C12H14ClN3O2S2. The maximum absolute atomic E-state index is 12.4. The van der Waals surface area contributed by atoms with Crippen molar-refractivity contribution in [3.8, 4) is 0 Å². The number of anilines is 1. The summed E-state index contributed by atoms with van der Waals surface area (Å²) in [5, 5.41) is 5.13. The van der Waals surface area contributed by atoms with Gasteiger partial charge >= 0.3 is 0 Å². The highest BCUT2D eigenvalue weighted by atomic mass is 35.5. The molecule has 0 amide bonds. The quantitative estimate of drug-likeness (QED) is 0.853. The Labute approximate surface area is 127 Å². The summed E-state index contributed by atoms with van der Waals surface area (Å²) in [6.07, 6.45) is 1.48. The van der Waals surface area contributed by atoms with Crippen molar-refractivity contribution in [2.24, 2.45) is 0 Å². The summed E-state index contributed by atoms with van der Waals surface area (Å²) in [6, 6.07) is 4.80. The van der Waals surface area contributed by atoms with Gasteiger partial charge < -0.3 is 5.32 Å². The maximum Gasteiger partial charge on any atom is 0.264 e. The number of hydrogen-bond acceptors (Lipinski definition) is 5. The molecule has 20 heavy (non-hydrogen) atoms. The first kappa shape index (κ1) is 15.2. The van der Waals surface area contributed by atoms with Crippen molar-refractivity contribution in [1.29, 1.82) is 0 Å². The number of rotatable bonds is 6. The predicted octanol–water partition coefficient (Wildman–Crippen LogP) is 2.71. The lowest BCUT2D eigenvalue weighted by atomic mass is 10.4. The van der Waals surface area contributed by atoms with Crippen molar-refractivity contribution in [1.82, 2.24) is 10.3 Å². The number of halogens is 1. The van der Waals surface area contributed by atoms with Crippen molar-refractivity contribution in [2.75, 3.05) is 11.3 Å². The van der Waals surface area contributed by atoms with Gasteiger partial charge in [0.25, 0.3) is 10.0 Å². The van der Waals surface area contributed by atoms with Gasteiger partial charge in [-0.15, -0.1) is 11.3 Å². The third-order valence-electron chi connectivity index (χ3n) is 2.52. The summed E-state index contributed by atoms with van der Waals surface area (Å²) in [4.78, 5) is 4.94. The fourth-order valence-corrected chi connectivity index (χ4v) is 4.25. The molecule has 0 saturated carbocycles. The van der Waals surface area contributed by atoms with Crippen LogP contribution in [0.2, 0.25) is 5.02 Å². The van der Waals surface area contributed by atoms with E-state index in [-0.39, 0.29) is 15.7 Å². The van der Waals surface area contributed by atoms with Gasteiger partial charge in [-0.1, -0.05) is 18.5 Å². The summed E-state index contributed by atoms with van der Waals surface area (Å²) in [6.45, 7) is 3.25. The number of thiophene rings is 1. The van der Waals surface area contributed by atoms with E-state index in [0.29, 0.717) is 6.54 Å². The Kier molecular flexibility index (Phi) is 4.98. The Morgan fingerprint density at radius 2 is 2.20 bits per heavy atom. The largest absolute Gasteiger partial charge is 0.312 e. The Balaban J connectivity index is 2.27. The van der Waals surface area contributed by atoms with Crippen LogP contribution in [0.1, 0.15) is 11.8 Å². The predicted molar refractivity (Wildman–Crippen MR) is 81.8 cm³/mol. The van der Waals surface area contributed by atoms with E-state index in [0.717, 1.165) is 11.4 Å². The molecule has 0 spiro atoms. The van der Waals surface area contributed by atoms with E-state index in [1.54, 1.807) is 23.6 Å². The summed E-state index contributed by atoms with van der Waals surface area (Å²) >= 11 is 7.31. The van der Waals surface area contributed by atoms with Crippen molar-refractivity contribution in [3.63, 3.8) is 0 Å². The molecule has 0 unspecified atom stereocenters. The molecule has 2 aromatic rings. The molecule has 2 heterocycles. The fourth-order valence-electron chi connectivity index (χ4n) is 1.58. The lowest BCUT2D eigenvalue weighted by molar-refractivity contribution is 0.599. The van der Waals surface area contributed by atoms with Crippen LogP contribution in [0.5, 0.6) is 0 Å². The van der Waals surface area contributed by atoms with Crippen LogP contribution in [-0.4, -0.2) is 19.9 Å². The highest BCUT2D eigenvalue weighted by molar-refractivity contribution is 7.93. The molecule has 108 valence electrons. The minimum Gasteiger partial charge on any atom is -0.312 e. The molecule has 5 nitrogen and oxygen atoms in total. The van der Waals surface area contributed by atoms with Crippen molar-refractivity contribution in [3.05, 3.63) is 39.7 Å². The Bertz CT molecular complexity index is 686. The molecule has 2 N–H and O–H groups in total. The van der Waals surface area contributed by atoms with Gasteiger partial charge in [0.15, 0.2) is 5.82 Å². The molecule has 0 atom stereocenters. The lowest BCUT2D eigenvalue weighted by Crippen LogP contribution is -2.17. The summed E-state index contributed by atoms with van der Waals surface area (Å²) < 4.78 is 27.1. The topological polar surface area (TPSA) is 71.1 Å². The number of sulfonamides is 1. The molecular weight excluding hydrogens is 318 g/mol. The number of aromatic nitrogens is 1. The van der Waals surface area contributed by atoms with Crippen molar-refractivity contribution in [2.45, 2.75) is 18.4 Å². The van der Waals surface area contributed by atoms with Crippen LogP contribution in [0.4, 0.5) is 5.82 Å². The Morgan fingerprint density at radius 3 is 2.90 bits per heavy atom. The van der Waals surface area contributed by atoms with Crippen LogP contribution in [0.15, 0.2) is 34.7 Å². The smallest absolute Gasteiger partial charge is 0.264 e. The van der Waals surface area contributed by atoms with E-state index in [1.807, 2.05) is 6.92 Å². The third-order valence-corrected chi connectivity index (χ3v) is 5.30. The average Bonchev–Trinajstić information content (AvgIpc) is 2.88. The monoisotopic (exact) mass is 331 g/mol. The van der Waals surface area contributed by atoms with Crippen LogP contribution in [0.25, 0.3) is 0 Å². The fraction of sp³-hybridized carbons (Fsp3) is 0.250. The highest BCUT2D eigenvalue weighted by Gasteiger charge is 2.21. The molecule has 0 aliphatic rings. The SMILES string of the molecule is CCNCc1sccc1S(=O)(=O)Nc1ncccc1Cl.